The number of rotatable bonds is 0. The summed E-state index contributed by atoms with van der Waals surface area (Å²) in [5.41, 5.74) is 0. The summed E-state index contributed by atoms with van der Waals surface area (Å²) in [6.07, 6.45) is 0. The van der Waals surface area contributed by atoms with E-state index in [1.54, 1.807) is 0 Å². The molecule has 0 amide bonds. The largest absolute Gasteiger partial charge is 0.358 e. The topological polar surface area (TPSA) is 12.5 Å². The molecule has 0 spiro atoms. The molecule has 0 bridgehead atoms. The van der Waals surface area contributed by atoms with Crippen LogP contribution in [-0.2, 0) is 4.74 Å². The third kappa shape index (κ3) is 1.73. The van der Waals surface area contributed by atoms with E-state index < -0.39 is 0 Å². The van der Waals surface area contributed by atoms with Crippen molar-refractivity contribution in [1.82, 2.24) is 4.90 Å². The first-order valence-electron chi connectivity index (χ1n) is 2.59. The predicted molar refractivity (Wildman–Crippen MR) is 35.6 cm³/mol. The lowest BCUT2D eigenvalue weighted by molar-refractivity contribution is 0.0826. The van der Waals surface area contributed by atoms with E-state index in [-0.39, 0.29) is 5.01 Å². The highest BCUT2D eigenvalue weighted by atomic mass is 79.9. The number of ether oxygens (including phenoxy) is 1. The molecule has 0 N–H and O–H groups in total. The van der Waals surface area contributed by atoms with E-state index in [4.69, 9.17) is 4.74 Å². The van der Waals surface area contributed by atoms with Crippen molar-refractivity contribution >= 4 is 15.9 Å². The highest BCUT2D eigenvalue weighted by Crippen LogP contribution is 2.10. The number of morpholine rings is 1. The second kappa shape index (κ2) is 2.80. The standard InChI is InChI=1S/C5H9BrNO/c1-7-2-3-8-5(6)4-7/h3,5H,2,4H2,1H3. The summed E-state index contributed by atoms with van der Waals surface area (Å²) in [6, 6.07) is 0. The molecule has 47 valence electrons. The van der Waals surface area contributed by atoms with Crippen LogP contribution in [0.3, 0.4) is 0 Å². The van der Waals surface area contributed by atoms with Crippen molar-refractivity contribution in [2.75, 3.05) is 20.1 Å². The molecule has 1 aliphatic rings. The zero-order chi connectivity index (χ0) is 5.98. The number of hydrogen-bond donors (Lipinski definition) is 0. The SMILES string of the molecule is CN1C[CH]OC(Br)C1. The minimum Gasteiger partial charge on any atom is -0.358 e. The van der Waals surface area contributed by atoms with Gasteiger partial charge in [0.25, 0.3) is 0 Å². The first kappa shape index (κ1) is 6.52. The maximum atomic E-state index is 5.10. The Morgan fingerprint density at radius 1 is 1.88 bits per heavy atom. The van der Waals surface area contributed by atoms with Crippen LogP contribution < -0.4 is 0 Å². The Labute approximate surface area is 57.9 Å². The van der Waals surface area contributed by atoms with Crippen molar-refractivity contribution < 1.29 is 4.74 Å². The fourth-order valence-electron chi connectivity index (χ4n) is 0.637. The van der Waals surface area contributed by atoms with Gasteiger partial charge in [0.15, 0.2) is 0 Å². The monoisotopic (exact) mass is 178 g/mol. The second-order valence-corrected chi connectivity index (χ2v) is 2.96. The van der Waals surface area contributed by atoms with Crippen LogP contribution in [0.1, 0.15) is 0 Å². The van der Waals surface area contributed by atoms with Crippen molar-refractivity contribution in [3.05, 3.63) is 6.61 Å². The van der Waals surface area contributed by atoms with Gasteiger partial charge in [-0.05, 0) is 7.05 Å². The van der Waals surface area contributed by atoms with Crippen LogP contribution in [0.2, 0.25) is 0 Å². The Bertz CT molecular complexity index is 70.8. The average molecular weight is 179 g/mol. The summed E-state index contributed by atoms with van der Waals surface area (Å²) in [6.45, 7) is 3.71. The Morgan fingerprint density at radius 3 is 3.00 bits per heavy atom. The quantitative estimate of drug-likeness (QED) is 0.510. The van der Waals surface area contributed by atoms with Crippen molar-refractivity contribution in [2.45, 2.75) is 5.01 Å². The summed E-state index contributed by atoms with van der Waals surface area (Å²) < 4.78 is 5.10. The number of nitrogens with zero attached hydrogens (tertiary/aromatic N) is 1. The van der Waals surface area contributed by atoms with Crippen LogP contribution in [0.5, 0.6) is 0 Å². The van der Waals surface area contributed by atoms with Gasteiger partial charge in [-0.1, -0.05) is 15.9 Å². The number of halogens is 1. The van der Waals surface area contributed by atoms with Crippen LogP contribution in [0.15, 0.2) is 0 Å². The molecule has 0 aromatic carbocycles. The van der Waals surface area contributed by atoms with Crippen LogP contribution in [-0.4, -0.2) is 30.1 Å². The van der Waals surface area contributed by atoms with Crippen molar-refractivity contribution in [2.24, 2.45) is 0 Å². The smallest absolute Gasteiger partial charge is 0.125 e. The van der Waals surface area contributed by atoms with Gasteiger partial charge in [-0.25, -0.2) is 0 Å². The van der Waals surface area contributed by atoms with E-state index in [9.17, 15) is 0 Å². The summed E-state index contributed by atoms with van der Waals surface area (Å²) >= 11 is 3.33. The van der Waals surface area contributed by atoms with E-state index in [0.29, 0.717) is 0 Å². The zero-order valence-corrected chi connectivity index (χ0v) is 6.39. The molecule has 1 rings (SSSR count). The van der Waals surface area contributed by atoms with Gasteiger partial charge >= 0.3 is 0 Å². The molecule has 3 heteroatoms. The number of likely N-dealkylation sites (N-methyl/N-ethyl adjacent to an activating group) is 1. The molecule has 0 saturated carbocycles. The molecule has 1 aliphatic heterocycles. The molecule has 1 saturated heterocycles. The third-order valence-corrected chi connectivity index (χ3v) is 1.59. The van der Waals surface area contributed by atoms with Gasteiger partial charge in [0.2, 0.25) is 0 Å². The summed E-state index contributed by atoms with van der Waals surface area (Å²) in [7, 11) is 2.06. The molecule has 1 heterocycles. The van der Waals surface area contributed by atoms with Gasteiger partial charge in [-0.15, -0.1) is 0 Å². The first-order chi connectivity index (χ1) is 3.79. The van der Waals surface area contributed by atoms with E-state index >= 15 is 0 Å². The maximum Gasteiger partial charge on any atom is 0.125 e. The highest BCUT2D eigenvalue weighted by molar-refractivity contribution is 9.09. The molecule has 1 radical (unpaired) electrons. The van der Waals surface area contributed by atoms with E-state index in [1.165, 1.54) is 0 Å². The lowest BCUT2D eigenvalue weighted by Crippen LogP contribution is -2.34. The molecule has 0 aromatic heterocycles. The molecular formula is C5H9BrNO. The Morgan fingerprint density at radius 2 is 2.62 bits per heavy atom. The maximum absolute atomic E-state index is 5.10. The molecular weight excluding hydrogens is 170 g/mol. The van der Waals surface area contributed by atoms with Crippen molar-refractivity contribution in [3.8, 4) is 0 Å². The highest BCUT2D eigenvalue weighted by Gasteiger charge is 2.13. The Kier molecular flexibility index (Phi) is 2.28. The fraction of sp³-hybridized carbons (Fsp3) is 0.800. The van der Waals surface area contributed by atoms with Crippen LogP contribution in [0.25, 0.3) is 0 Å². The molecule has 0 aromatic rings. The fourth-order valence-corrected chi connectivity index (χ4v) is 1.28. The van der Waals surface area contributed by atoms with E-state index in [1.807, 2.05) is 6.61 Å². The summed E-state index contributed by atoms with van der Waals surface area (Å²) in [5.74, 6) is 0. The minimum absolute atomic E-state index is 0.196. The summed E-state index contributed by atoms with van der Waals surface area (Å²) in [4.78, 5) is 2.18. The van der Waals surface area contributed by atoms with Gasteiger partial charge < -0.3 is 9.64 Å². The molecule has 8 heavy (non-hydrogen) atoms. The average Bonchev–Trinajstić information content (AvgIpc) is 1.64. The molecule has 2 nitrogen and oxygen atoms in total. The van der Waals surface area contributed by atoms with E-state index in [0.717, 1.165) is 13.1 Å². The van der Waals surface area contributed by atoms with Gasteiger partial charge in [-0.2, -0.15) is 0 Å². The van der Waals surface area contributed by atoms with Crippen LogP contribution in [0, 0.1) is 6.61 Å². The zero-order valence-electron chi connectivity index (χ0n) is 4.80. The normalized spacial score (nSPS) is 33.0. The van der Waals surface area contributed by atoms with Gasteiger partial charge in [0, 0.05) is 13.1 Å². The number of hydrogen-bond acceptors (Lipinski definition) is 2. The lowest BCUT2D eigenvalue weighted by Gasteiger charge is -2.25. The van der Waals surface area contributed by atoms with Crippen molar-refractivity contribution in [3.63, 3.8) is 0 Å². The Hall–Kier alpha value is 0.400. The Balaban J connectivity index is 2.23. The first-order valence-corrected chi connectivity index (χ1v) is 3.50. The molecule has 0 aliphatic carbocycles. The van der Waals surface area contributed by atoms with Crippen LogP contribution in [0.4, 0.5) is 0 Å². The number of alkyl halides is 1. The second-order valence-electron chi connectivity index (χ2n) is 1.93. The lowest BCUT2D eigenvalue weighted by atomic mass is 10.5. The van der Waals surface area contributed by atoms with Crippen LogP contribution >= 0.6 is 15.9 Å². The third-order valence-electron chi connectivity index (χ3n) is 1.09. The predicted octanol–water partition coefficient (Wildman–Crippen LogP) is 0.831. The van der Waals surface area contributed by atoms with Gasteiger partial charge in [-0.3, -0.25) is 0 Å². The molecule has 1 unspecified atom stereocenters. The molecule has 1 fully saturated rings. The minimum atomic E-state index is 0.196. The molecule has 1 atom stereocenters. The summed E-state index contributed by atoms with van der Waals surface area (Å²) in [5, 5.41) is 0.196. The van der Waals surface area contributed by atoms with E-state index in [2.05, 4.69) is 27.9 Å². The van der Waals surface area contributed by atoms with Gasteiger partial charge in [0.05, 0.1) is 6.61 Å². The van der Waals surface area contributed by atoms with Gasteiger partial charge in [0.1, 0.15) is 5.01 Å². The van der Waals surface area contributed by atoms with Crippen molar-refractivity contribution in [1.29, 1.82) is 0 Å².